The number of ether oxygens (including phenoxy) is 1. The standard InChI is InChI=1S/C16H15Cl2NO2/c17-15-6-3-13(9-16(15)18)11-21-14-4-1-12(2-5-14)10-19-7-8-20/h1-6,9-10,20H,7-8,11H2. The Hall–Kier alpha value is -1.55. The predicted octanol–water partition coefficient (Wildman–Crippen LogP) is 3.98. The van der Waals surface area contributed by atoms with Crippen LogP contribution in [0.3, 0.4) is 0 Å². The molecule has 0 saturated carbocycles. The number of aliphatic imine (C=N–C) groups is 1. The average Bonchev–Trinajstić information content (AvgIpc) is 2.50. The monoisotopic (exact) mass is 323 g/mol. The molecule has 2 aromatic rings. The lowest BCUT2D eigenvalue weighted by atomic mass is 10.2. The lowest BCUT2D eigenvalue weighted by Crippen LogP contribution is -1.95. The van der Waals surface area contributed by atoms with Crippen molar-refractivity contribution in [2.24, 2.45) is 4.99 Å². The van der Waals surface area contributed by atoms with Crippen molar-refractivity contribution >= 4 is 29.4 Å². The first kappa shape index (κ1) is 15.8. The van der Waals surface area contributed by atoms with Crippen molar-refractivity contribution in [1.82, 2.24) is 0 Å². The van der Waals surface area contributed by atoms with Gasteiger partial charge in [0.05, 0.1) is 23.2 Å². The molecule has 110 valence electrons. The van der Waals surface area contributed by atoms with Gasteiger partial charge in [-0.15, -0.1) is 0 Å². The Morgan fingerprint density at radius 3 is 2.48 bits per heavy atom. The van der Waals surface area contributed by atoms with E-state index in [0.717, 1.165) is 16.9 Å². The molecule has 21 heavy (non-hydrogen) atoms. The highest BCUT2D eigenvalue weighted by molar-refractivity contribution is 6.42. The molecule has 0 atom stereocenters. The van der Waals surface area contributed by atoms with Crippen molar-refractivity contribution in [3.8, 4) is 5.75 Å². The maximum absolute atomic E-state index is 8.65. The summed E-state index contributed by atoms with van der Waals surface area (Å²) < 4.78 is 5.68. The smallest absolute Gasteiger partial charge is 0.119 e. The fourth-order valence-corrected chi connectivity index (χ4v) is 1.99. The first-order valence-corrected chi connectivity index (χ1v) is 7.22. The normalized spacial score (nSPS) is 11.0. The minimum absolute atomic E-state index is 0.0569. The van der Waals surface area contributed by atoms with Gasteiger partial charge in [-0.25, -0.2) is 0 Å². The summed E-state index contributed by atoms with van der Waals surface area (Å²) in [6.07, 6.45) is 1.72. The molecular formula is C16H15Cl2NO2. The fourth-order valence-electron chi connectivity index (χ4n) is 1.67. The van der Waals surface area contributed by atoms with Crippen LogP contribution >= 0.6 is 23.2 Å². The van der Waals surface area contributed by atoms with E-state index >= 15 is 0 Å². The van der Waals surface area contributed by atoms with E-state index in [4.69, 9.17) is 33.0 Å². The van der Waals surface area contributed by atoms with Gasteiger partial charge in [-0.05, 0) is 47.5 Å². The molecule has 0 spiro atoms. The number of aliphatic hydroxyl groups is 1. The van der Waals surface area contributed by atoms with Gasteiger partial charge in [-0.1, -0.05) is 29.3 Å². The first-order chi connectivity index (χ1) is 10.2. The van der Waals surface area contributed by atoms with E-state index in [1.165, 1.54) is 0 Å². The lowest BCUT2D eigenvalue weighted by Gasteiger charge is -2.07. The number of nitrogens with zero attached hydrogens (tertiary/aromatic N) is 1. The van der Waals surface area contributed by atoms with Crippen LogP contribution in [0.4, 0.5) is 0 Å². The summed E-state index contributed by atoms with van der Waals surface area (Å²) in [5.41, 5.74) is 1.92. The van der Waals surface area contributed by atoms with Crippen molar-refractivity contribution in [1.29, 1.82) is 0 Å². The number of halogens is 2. The SMILES string of the molecule is OCCN=Cc1ccc(OCc2ccc(Cl)c(Cl)c2)cc1. The zero-order chi connectivity index (χ0) is 15.1. The molecule has 0 aliphatic rings. The van der Waals surface area contributed by atoms with E-state index in [0.29, 0.717) is 23.2 Å². The molecule has 0 aromatic heterocycles. The van der Waals surface area contributed by atoms with Crippen LogP contribution in [0.2, 0.25) is 10.0 Å². The highest BCUT2D eigenvalue weighted by atomic mass is 35.5. The number of hydrogen-bond acceptors (Lipinski definition) is 3. The van der Waals surface area contributed by atoms with Crippen LogP contribution < -0.4 is 4.74 Å². The number of rotatable bonds is 6. The molecule has 0 heterocycles. The van der Waals surface area contributed by atoms with Gasteiger partial charge in [0.2, 0.25) is 0 Å². The second kappa shape index (κ2) is 8.03. The van der Waals surface area contributed by atoms with Gasteiger partial charge in [0.1, 0.15) is 12.4 Å². The van der Waals surface area contributed by atoms with Gasteiger partial charge in [-0.3, -0.25) is 4.99 Å². The number of aliphatic hydroxyl groups excluding tert-OH is 1. The maximum Gasteiger partial charge on any atom is 0.119 e. The van der Waals surface area contributed by atoms with E-state index < -0.39 is 0 Å². The molecule has 2 aromatic carbocycles. The molecule has 0 radical (unpaired) electrons. The molecule has 0 saturated heterocycles. The summed E-state index contributed by atoms with van der Waals surface area (Å²) in [5, 5.41) is 9.71. The van der Waals surface area contributed by atoms with Gasteiger partial charge in [0.25, 0.3) is 0 Å². The van der Waals surface area contributed by atoms with Crippen molar-refractivity contribution in [2.45, 2.75) is 6.61 Å². The van der Waals surface area contributed by atoms with E-state index in [1.54, 1.807) is 18.3 Å². The van der Waals surface area contributed by atoms with Crippen LogP contribution in [-0.2, 0) is 6.61 Å². The highest BCUT2D eigenvalue weighted by Crippen LogP contribution is 2.23. The Balaban J connectivity index is 1.92. The van der Waals surface area contributed by atoms with Crippen molar-refractivity contribution in [3.63, 3.8) is 0 Å². The Morgan fingerprint density at radius 2 is 1.81 bits per heavy atom. The van der Waals surface area contributed by atoms with Crippen molar-refractivity contribution in [3.05, 3.63) is 63.6 Å². The van der Waals surface area contributed by atoms with Gasteiger partial charge in [0, 0.05) is 6.21 Å². The van der Waals surface area contributed by atoms with Crippen LogP contribution in [0.5, 0.6) is 5.75 Å². The van der Waals surface area contributed by atoms with Crippen LogP contribution in [0, 0.1) is 0 Å². The van der Waals surface area contributed by atoms with Gasteiger partial charge < -0.3 is 9.84 Å². The van der Waals surface area contributed by atoms with E-state index in [2.05, 4.69) is 4.99 Å². The Morgan fingerprint density at radius 1 is 1.05 bits per heavy atom. The number of hydrogen-bond donors (Lipinski definition) is 1. The minimum atomic E-state index is 0.0569. The molecule has 0 bridgehead atoms. The van der Waals surface area contributed by atoms with Crippen LogP contribution in [-0.4, -0.2) is 24.5 Å². The third-order valence-electron chi connectivity index (χ3n) is 2.74. The quantitative estimate of drug-likeness (QED) is 0.817. The lowest BCUT2D eigenvalue weighted by molar-refractivity contribution is 0.306. The Bertz CT molecular complexity index is 612. The molecule has 0 fully saturated rings. The summed E-state index contributed by atoms with van der Waals surface area (Å²) in [5.74, 6) is 0.764. The van der Waals surface area contributed by atoms with Crippen molar-refractivity contribution < 1.29 is 9.84 Å². The van der Waals surface area contributed by atoms with Crippen molar-refractivity contribution in [2.75, 3.05) is 13.2 Å². The molecule has 0 amide bonds. The minimum Gasteiger partial charge on any atom is -0.489 e. The van der Waals surface area contributed by atoms with E-state index in [1.807, 2.05) is 30.3 Å². The molecule has 2 rings (SSSR count). The van der Waals surface area contributed by atoms with E-state index in [-0.39, 0.29) is 6.61 Å². The molecule has 0 unspecified atom stereocenters. The first-order valence-electron chi connectivity index (χ1n) is 6.46. The zero-order valence-electron chi connectivity index (χ0n) is 11.3. The predicted molar refractivity (Wildman–Crippen MR) is 86.8 cm³/mol. The molecule has 1 N–H and O–H groups in total. The Labute approximate surface area is 133 Å². The molecule has 0 aliphatic carbocycles. The summed E-state index contributed by atoms with van der Waals surface area (Å²) in [4.78, 5) is 4.06. The summed E-state index contributed by atoms with van der Waals surface area (Å²) in [6, 6.07) is 13.0. The second-order valence-electron chi connectivity index (χ2n) is 4.37. The average molecular weight is 324 g/mol. The summed E-state index contributed by atoms with van der Waals surface area (Å²) in [7, 11) is 0. The topological polar surface area (TPSA) is 41.8 Å². The third kappa shape index (κ3) is 5.05. The van der Waals surface area contributed by atoms with E-state index in [9.17, 15) is 0 Å². The van der Waals surface area contributed by atoms with Gasteiger partial charge in [-0.2, -0.15) is 0 Å². The molecule has 5 heteroatoms. The highest BCUT2D eigenvalue weighted by Gasteiger charge is 2.01. The molecule has 3 nitrogen and oxygen atoms in total. The molecular weight excluding hydrogens is 309 g/mol. The van der Waals surface area contributed by atoms with Gasteiger partial charge >= 0.3 is 0 Å². The van der Waals surface area contributed by atoms with Crippen LogP contribution in [0.15, 0.2) is 47.5 Å². The summed E-state index contributed by atoms with van der Waals surface area (Å²) in [6.45, 7) is 0.895. The largest absolute Gasteiger partial charge is 0.489 e. The van der Waals surface area contributed by atoms with Crippen LogP contribution in [0.25, 0.3) is 0 Å². The van der Waals surface area contributed by atoms with Crippen LogP contribution in [0.1, 0.15) is 11.1 Å². The summed E-state index contributed by atoms with van der Waals surface area (Å²) >= 11 is 11.8. The third-order valence-corrected chi connectivity index (χ3v) is 3.48. The molecule has 0 aliphatic heterocycles. The number of benzene rings is 2. The van der Waals surface area contributed by atoms with Gasteiger partial charge in [0.15, 0.2) is 0 Å². The fraction of sp³-hybridized carbons (Fsp3) is 0.188. The second-order valence-corrected chi connectivity index (χ2v) is 5.18. The zero-order valence-corrected chi connectivity index (χ0v) is 12.8. The maximum atomic E-state index is 8.65. The Kier molecular flexibility index (Phi) is 6.05.